The van der Waals surface area contributed by atoms with Gasteiger partial charge < -0.3 is 19.2 Å². The second-order valence-electron chi connectivity index (χ2n) is 6.80. The summed E-state index contributed by atoms with van der Waals surface area (Å²) in [6.45, 7) is 1.18. The van der Waals surface area contributed by atoms with Crippen molar-refractivity contribution in [2.24, 2.45) is 0 Å². The zero-order valence-electron chi connectivity index (χ0n) is 16.3. The van der Waals surface area contributed by atoms with Gasteiger partial charge in [-0.25, -0.2) is 0 Å². The maximum Gasteiger partial charge on any atom is 0.277 e. The molecule has 10 heteroatoms. The lowest BCUT2D eigenvalue weighted by Crippen LogP contribution is -2.18. The molecule has 162 valence electrons. The number of rotatable bonds is 8. The molecule has 1 aliphatic heterocycles. The number of benzene rings is 2. The van der Waals surface area contributed by atoms with Gasteiger partial charge in [-0.05, 0) is 55.3 Å². The fourth-order valence-corrected chi connectivity index (χ4v) is 3.84. The second kappa shape index (κ2) is 10.4. The van der Waals surface area contributed by atoms with Crippen LogP contribution in [0.2, 0.25) is 10.0 Å². The van der Waals surface area contributed by atoms with Crippen LogP contribution in [0.3, 0.4) is 0 Å². The van der Waals surface area contributed by atoms with Gasteiger partial charge >= 0.3 is 0 Å². The van der Waals surface area contributed by atoms with Gasteiger partial charge in [0.25, 0.3) is 5.22 Å². The lowest BCUT2D eigenvalue weighted by atomic mass is 10.2. The van der Waals surface area contributed by atoms with Crippen molar-refractivity contribution in [3.05, 3.63) is 52.5 Å². The summed E-state index contributed by atoms with van der Waals surface area (Å²) in [6.07, 6.45) is 2.07. The van der Waals surface area contributed by atoms with E-state index in [0.717, 1.165) is 36.8 Å². The van der Waals surface area contributed by atoms with Crippen molar-refractivity contribution in [1.29, 1.82) is 0 Å². The highest BCUT2D eigenvalue weighted by atomic mass is 35.5. The van der Waals surface area contributed by atoms with Gasteiger partial charge in [0, 0.05) is 22.2 Å². The number of carbonyl (C=O) groups is 1. The molecule has 31 heavy (non-hydrogen) atoms. The molecule has 0 aliphatic carbocycles. The van der Waals surface area contributed by atoms with Gasteiger partial charge in [0.15, 0.2) is 0 Å². The van der Waals surface area contributed by atoms with Crippen LogP contribution >= 0.6 is 35.0 Å². The van der Waals surface area contributed by atoms with Gasteiger partial charge in [0.2, 0.25) is 11.8 Å². The first kappa shape index (κ1) is 22.0. The molecule has 1 amide bonds. The largest absolute Gasteiger partial charge is 0.489 e. The molecule has 1 saturated heterocycles. The number of anilines is 1. The topological polar surface area (TPSA) is 86.5 Å². The van der Waals surface area contributed by atoms with E-state index in [1.54, 1.807) is 42.5 Å². The number of carbonyl (C=O) groups excluding carboxylic acids is 1. The SMILES string of the molecule is O=C(CSc1nnc(-c2ccc(Cl)cc2)o1)Nc1cc(Cl)ccc1OCC1CCCO1. The van der Waals surface area contributed by atoms with Crippen LogP contribution in [0.5, 0.6) is 5.75 Å². The second-order valence-corrected chi connectivity index (χ2v) is 8.60. The molecule has 1 atom stereocenters. The Morgan fingerprint density at radius 1 is 1.16 bits per heavy atom. The maximum atomic E-state index is 12.5. The normalized spacial score (nSPS) is 15.7. The summed E-state index contributed by atoms with van der Waals surface area (Å²) in [6, 6.07) is 12.2. The number of nitrogens with zero attached hydrogens (tertiary/aromatic N) is 2. The molecule has 0 saturated carbocycles. The quantitative estimate of drug-likeness (QED) is 0.436. The molecule has 1 unspecified atom stereocenters. The molecule has 2 aromatic carbocycles. The molecule has 7 nitrogen and oxygen atoms in total. The summed E-state index contributed by atoms with van der Waals surface area (Å²) in [5.74, 6) is 0.737. The Bertz CT molecular complexity index is 1040. The van der Waals surface area contributed by atoms with Crippen molar-refractivity contribution in [2.75, 3.05) is 24.3 Å². The van der Waals surface area contributed by atoms with E-state index in [9.17, 15) is 4.79 Å². The third-order valence-electron chi connectivity index (χ3n) is 4.49. The molecule has 3 aromatic rings. The van der Waals surface area contributed by atoms with E-state index in [2.05, 4.69) is 15.5 Å². The molecule has 4 rings (SSSR count). The Balaban J connectivity index is 1.33. The van der Waals surface area contributed by atoms with Crippen LogP contribution in [0, 0.1) is 0 Å². The Hall–Kier alpha value is -2.26. The van der Waals surface area contributed by atoms with Gasteiger partial charge in [-0.3, -0.25) is 4.79 Å². The molecule has 2 heterocycles. The summed E-state index contributed by atoms with van der Waals surface area (Å²) < 4.78 is 17.0. The molecular weight excluding hydrogens is 461 g/mol. The predicted octanol–water partition coefficient (Wildman–Crippen LogP) is 5.33. The number of aromatic nitrogens is 2. The zero-order valence-corrected chi connectivity index (χ0v) is 18.7. The number of hydrogen-bond acceptors (Lipinski definition) is 7. The minimum Gasteiger partial charge on any atom is -0.489 e. The Labute approximate surface area is 193 Å². The first-order valence-corrected chi connectivity index (χ1v) is 11.4. The van der Waals surface area contributed by atoms with Crippen LogP contribution in [0.1, 0.15) is 12.8 Å². The monoisotopic (exact) mass is 479 g/mol. The highest BCUT2D eigenvalue weighted by Gasteiger charge is 2.18. The maximum absolute atomic E-state index is 12.5. The molecule has 1 aromatic heterocycles. The average molecular weight is 480 g/mol. The Morgan fingerprint density at radius 2 is 1.97 bits per heavy atom. The minimum atomic E-state index is -0.250. The van der Waals surface area contributed by atoms with Gasteiger partial charge in [-0.2, -0.15) is 0 Å². The summed E-state index contributed by atoms with van der Waals surface area (Å²) in [5.41, 5.74) is 1.25. The van der Waals surface area contributed by atoms with Crippen LogP contribution < -0.4 is 10.1 Å². The highest BCUT2D eigenvalue weighted by Crippen LogP contribution is 2.30. The van der Waals surface area contributed by atoms with E-state index in [1.807, 2.05) is 0 Å². The van der Waals surface area contributed by atoms with Gasteiger partial charge in [0.05, 0.1) is 17.5 Å². The van der Waals surface area contributed by atoms with Crippen molar-refractivity contribution in [2.45, 2.75) is 24.2 Å². The summed E-state index contributed by atoms with van der Waals surface area (Å²) in [4.78, 5) is 12.5. The zero-order chi connectivity index (χ0) is 21.6. The first-order valence-electron chi connectivity index (χ1n) is 9.63. The highest BCUT2D eigenvalue weighted by molar-refractivity contribution is 7.99. The van der Waals surface area contributed by atoms with Crippen molar-refractivity contribution >= 4 is 46.6 Å². The van der Waals surface area contributed by atoms with E-state index >= 15 is 0 Å². The van der Waals surface area contributed by atoms with Gasteiger partial charge in [0.1, 0.15) is 12.4 Å². The van der Waals surface area contributed by atoms with E-state index in [4.69, 9.17) is 37.1 Å². The van der Waals surface area contributed by atoms with Crippen molar-refractivity contribution in [3.63, 3.8) is 0 Å². The number of nitrogens with one attached hydrogen (secondary N) is 1. The van der Waals surface area contributed by atoms with E-state index in [-0.39, 0.29) is 17.8 Å². The molecular formula is C21H19Cl2N3O4S. The molecule has 1 aliphatic rings. The van der Waals surface area contributed by atoms with Crippen LogP contribution in [0.25, 0.3) is 11.5 Å². The third-order valence-corrected chi connectivity index (χ3v) is 5.79. The Kier molecular flexibility index (Phi) is 7.34. The number of thioether (sulfide) groups is 1. The molecule has 1 fully saturated rings. The van der Waals surface area contributed by atoms with Crippen LogP contribution in [0.15, 0.2) is 52.1 Å². The fraction of sp³-hybridized carbons (Fsp3) is 0.286. The average Bonchev–Trinajstić information content (AvgIpc) is 3.44. The van der Waals surface area contributed by atoms with Crippen molar-refractivity contribution in [3.8, 4) is 17.2 Å². The molecule has 1 N–H and O–H groups in total. The smallest absolute Gasteiger partial charge is 0.277 e. The third kappa shape index (κ3) is 6.13. The molecule has 0 radical (unpaired) electrons. The Morgan fingerprint density at radius 3 is 2.74 bits per heavy atom. The molecule has 0 bridgehead atoms. The van der Waals surface area contributed by atoms with Crippen LogP contribution in [-0.2, 0) is 9.53 Å². The predicted molar refractivity (Wildman–Crippen MR) is 120 cm³/mol. The standard InChI is InChI=1S/C21H19Cl2N3O4S/c22-14-5-3-13(4-6-14)20-25-26-21(30-20)31-12-19(27)24-17-10-15(23)7-8-18(17)29-11-16-2-1-9-28-16/h3-8,10,16H,1-2,9,11-12H2,(H,24,27). The number of ether oxygens (including phenoxy) is 2. The van der Waals surface area contributed by atoms with Crippen LogP contribution in [-0.4, -0.2) is 41.2 Å². The summed E-state index contributed by atoms with van der Waals surface area (Å²) in [5, 5.41) is 12.2. The minimum absolute atomic E-state index is 0.0714. The fourth-order valence-electron chi connectivity index (χ4n) is 2.98. The molecule has 0 spiro atoms. The summed E-state index contributed by atoms with van der Waals surface area (Å²) in [7, 11) is 0. The lowest BCUT2D eigenvalue weighted by molar-refractivity contribution is -0.113. The van der Waals surface area contributed by atoms with Crippen molar-refractivity contribution in [1.82, 2.24) is 10.2 Å². The number of hydrogen-bond donors (Lipinski definition) is 1. The van der Waals surface area contributed by atoms with E-state index in [1.165, 1.54) is 0 Å². The van der Waals surface area contributed by atoms with Gasteiger partial charge in [-0.1, -0.05) is 35.0 Å². The van der Waals surface area contributed by atoms with E-state index in [0.29, 0.717) is 39.2 Å². The lowest BCUT2D eigenvalue weighted by Gasteiger charge is -2.15. The van der Waals surface area contributed by atoms with Crippen molar-refractivity contribution < 1.29 is 18.7 Å². The first-order chi connectivity index (χ1) is 15.1. The number of halogens is 2. The van der Waals surface area contributed by atoms with Gasteiger partial charge in [-0.15, -0.1) is 10.2 Å². The van der Waals surface area contributed by atoms with Crippen LogP contribution in [0.4, 0.5) is 5.69 Å². The summed E-state index contributed by atoms with van der Waals surface area (Å²) >= 11 is 13.1. The van der Waals surface area contributed by atoms with E-state index < -0.39 is 0 Å². The number of amides is 1.